The molecule has 0 aromatic rings. The highest BCUT2D eigenvalue weighted by Gasteiger charge is 2.23. The van der Waals surface area contributed by atoms with Gasteiger partial charge in [-0.1, -0.05) is 0 Å². The maximum Gasteiger partial charge on any atom is 0.114 e. The summed E-state index contributed by atoms with van der Waals surface area (Å²) in [7, 11) is 0. The Labute approximate surface area is 146 Å². The summed E-state index contributed by atoms with van der Waals surface area (Å²) < 4.78 is 30.3. The van der Waals surface area contributed by atoms with Crippen molar-refractivity contribution in [2.24, 2.45) is 0 Å². The van der Waals surface area contributed by atoms with E-state index in [0.29, 0.717) is 25.7 Å². The van der Waals surface area contributed by atoms with Crippen molar-refractivity contribution < 1.29 is 18.6 Å². The first-order valence-electron chi connectivity index (χ1n) is 9.57. The fraction of sp³-hybridized carbons (Fsp3) is 1.00. The van der Waals surface area contributed by atoms with Gasteiger partial charge in [0.05, 0.1) is 25.4 Å². The van der Waals surface area contributed by atoms with Gasteiger partial charge in [-0.2, -0.15) is 0 Å². The molecule has 2 fully saturated rings. The van der Waals surface area contributed by atoms with E-state index in [4.69, 9.17) is 14.2 Å². The Hall–Kier alpha value is -0.270. The predicted octanol–water partition coefficient (Wildman–Crippen LogP) is 1.95. The van der Waals surface area contributed by atoms with Gasteiger partial charge in [0, 0.05) is 52.5 Å². The van der Waals surface area contributed by atoms with Crippen LogP contribution in [0.5, 0.6) is 0 Å². The van der Waals surface area contributed by atoms with Crippen LogP contribution in [0.4, 0.5) is 4.39 Å². The van der Waals surface area contributed by atoms with Crippen LogP contribution in [-0.4, -0.2) is 93.9 Å². The van der Waals surface area contributed by atoms with Crippen molar-refractivity contribution in [2.45, 2.75) is 51.5 Å². The minimum atomic E-state index is -0.643. The van der Waals surface area contributed by atoms with Crippen molar-refractivity contribution in [1.29, 1.82) is 0 Å². The van der Waals surface area contributed by atoms with E-state index in [1.807, 2.05) is 6.92 Å². The number of ether oxygens (including phenoxy) is 3. The van der Waals surface area contributed by atoms with E-state index in [1.54, 1.807) is 0 Å². The highest BCUT2D eigenvalue weighted by atomic mass is 19.1. The smallest absolute Gasteiger partial charge is 0.114 e. The summed E-state index contributed by atoms with van der Waals surface area (Å²) in [6.45, 7) is 12.6. The molecule has 24 heavy (non-hydrogen) atoms. The molecular formula is C18H35FN2O3. The molecular weight excluding hydrogens is 311 g/mol. The molecule has 2 aliphatic heterocycles. The van der Waals surface area contributed by atoms with Crippen LogP contribution in [0.2, 0.25) is 0 Å². The second kappa shape index (κ2) is 11.4. The number of halogens is 1. The lowest BCUT2D eigenvalue weighted by atomic mass is 10.3. The summed E-state index contributed by atoms with van der Waals surface area (Å²) in [6, 6.07) is 0. The summed E-state index contributed by atoms with van der Waals surface area (Å²) in [5.41, 5.74) is 0. The van der Waals surface area contributed by atoms with Crippen LogP contribution in [-0.2, 0) is 14.2 Å². The highest BCUT2D eigenvalue weighted by molar-refractivity contribution is 4.76. The number of rotatable bonds is 12. The Morgan fingerprint density at radius 3 is 2.54 bits per heavy atom. The number of likely N-dealkylation sites (tertiary alicyclic amines) is 2. The van der Waals surface area contributed by atoms with Crippen molar-refractivity contribution in [3.05, 3.63) is 0 Å². The minimum absolute atomic E-state index is 0.198. The predicted molar refractivity (Wildman–Crippen MR) is 93.3 cm³/mol. The molecule has 6 heteroatoms. The summed E-state index contributed by atoms with van der Waals surface area (Å²) in [4.78, 5) is 4.55. The molecule has 0 bridgehead atoms. The van der Waals surface area contributed by atoms with E-state index in [2.05, 4.69) is 16.7 Å². The van der Waals surface area contributed by atoms with Gasteiger partial charge in [0.2, 0.25) is 0 Å². The molecule has 0 amide bonds. The van der Waals surface area contributed by atoms with E-state index in [9.17, 15) is 4.39 Å². The van der Waals surface area contributed by atoms with Gasteiger partial charge >= 0.3 is 0 Å². The van der Waals surface area contributed by atoms with E-state index < -0.39 is 6.17 Å². The minimum Gasteiger partial charge on any atom is -0.380 e. The van der Waals surface area contributed by atoms with Gasteiger partial charge in [-0.05, 0) is 33.1 Å². The van der Waals surface area contributed by atoms with Crippen molar-refractivity contribution in [3.8, 4) is 0 Å². The zero-order chi connectivity index (χ0) is 17.2. The lowest BCUT2D eigenvalue weighted by Gasteiger charge is -2.19. The van der Waals surface area contributed by atoms with Gasteiger partial charge in [-0.3, -0.25) is 9.80 Å². The average Bonchev–Trinajstić information content (AvgIpc) is 3.17. The quantitative estimate of drug-likeness (QED) is 0.505. The maximum absolute atomic E-state index is 13.1. The standard InChI is InChI=1S/C18H35FN2O3/c1-3-22-12-9-21-8-5-18(15-21)24-11-6-16(2)23-13-10-20-7-4-17(19)14-20/h16-18H,3-15H2,1-2H3. The number of alkyl halides is 1. The molecule has 0 saturated carbocycles. The Balaban J connectivity index is 1.44. The second-order valence-electron chi connectivity index (χ2n) is 6.94. The van der Waals surface area contributed by atoms with Gasteiger partial charge in [0.25, 0.3) is 0 Å². The first kappa shape index (κ1) is 20.0. The average molecular weight is 346 g/mol. The van der Waals surface area contributed by atoms with Crippen LogP contribution < -0.4 is 0 Å². The molecule has 0 aromatic heterocycles. The van der Waals surface area contributed by atoms with Gasteiger partial charge in [0.15, 0.2) is 0 Å². The van der Waals surface area contributed by atoms with Crippen molar-refractivity contribution >= 4 is 0 Å². The molecule has 3 atom stereocenters. The first-order valence-corrected chi connectivity index (χ1v) is 9.57. The lowest BCUT2D eigenvalue weighted by molar-refractivity contribution is 0.00309. The van der Waals surface area contributed by atoms with E-state index in [0.717, 1.165) is 65.4 Å². The lowest BCUT2D eigenvalue weighted by Crippen LogP contribution is -2.28. The van der Waals surface area contributed by atoms with Gasteiger partial charge in [-0.25, -0.2) is 4.39 Å². The summed E-state index contributed by atoms with van der Waals surface area (Å²) >= 11 is 0. The number of hydrogen-bond donors (Lipinski definition) is 0. The normalized spacial score (nSPS) is 27.1. The molecule has 0 N–H and O–H groups in total. The Bertz CT molecular complexity index is 335. The van der Waals surface area contributed by atoms with Crippen LogP contribution in [0.25, 0.3) is 0 Å². The third kappa shape index (κ3) is 7.74. The van der Waals surface area contributed by atoms with Crippen LogP contribution in [0.1, 0.15) is 33.1 Å². The molecule has 142 valence electrons. The molecule has 0 aromatic carbocycles. The topological polar surface area (TPSA) is 34.2 Å². The summed E-state index contributed by atoms with van der Waals surface area (Å²) in [5.74, 6) is 0. The molecule has 0 spiro atoms. The van der Waals surface area contributed by atoms with Crippen LogP contribution in [0.3, 0.4) is 0 Å². The number of nitrogens with zero attached hydrogens (tertiary/aromatic N) is 2. The van der Waals surface area contributed by atoms with E-state index >= 15 is 0 Å². The SMILES string of the molecule is CCOCCN1CCC(OCCC(C)OCCN2CCC(F)C2)C1. The molecule has 5 nitrogen and oxygen atoms in total. The largest absolute Gasteiger partial charge is 0.380 e. The number of hydrogen-bond acceptors (Lipinski definition) is 5. The monoisotopic (exact) mass is 346 g/mol. The van der Waals surface area contributed by atoms with Crippen molar-refractivity contribution in [1.82, 2.24) is 9.80 Å². The fourth-order valence-corrected chi connectivity index (χ4v) is 3.33. The van der Waals surface area contributed by atoms with Crippen LogP contribution in [0.15, 0.2) is 0 Å². The van der Waals surface area contributed by atoms with Crippen LogP contribution in [0, 0.1) is 0 Å². The van der Waals surface area contributed by atoms with Crippen LogP contribution >= 0.6 is 0 Å². The summed E-state index contributed by atoms with van der Waals surface area (Å²) in [5, 5.41) is 0. The third-order valence-corrected chi connectivity index (χ3v) is 4.89. The van der Waals surface area contributed by atoms with Crippen molar-refractivity contribution in [2.75, 3.05) is 65.7 Å². The molecule has 2 heterocycles. The van der Waals surface area contributed by atoms with Gasteiger partial charge < -0.3 is 14.2 Å². The molecule has 3 unspecified atom stereocenters. The first-order chi connectivity index (χ1) is 11.7. The maximum atomic E-state index is 13.1. The van der Waals surface area contributed by atoms with E-state index in [1.165, 1.54) is 0 Å². The Morgan fingerprint density at radius 1 is 1.04 bits per heavy atom. The van der Waals surface area contributed by atoms with E-state index in [-0.39, 0.29) is 6.10 Å². The second-order valence-corrected chi connectivity index (χ2v) is 6.94. The molecule has 2 rings (SSSR count). The van der Waals surface area contributed by atoms with Gasteiger partial charge in [0.1, 0.15) is 6.17 Å². The highest BCUT2D eigenvalue weighted by Crippen LogP contribution is 2.14. The summed E-state index contributed by atoms with van der Waals surface area (Å²) in [6.07, 6.45) is 2.61. The Morgan fingerprint density at radius 2 is 1.79 bits per heavy atom. The fourth-order valence-electron chi connectivity index (χ4n) is 3.33. The zero-order valence-corrected chi connectivity index (χ0v) is 15.4. The van der Waals surface area contributed by atoms with Gasteiger partial charge in [-0.15, -0.1) is 0 Å². The molecule has 0 radical (unpaired) electrons. The molecule has 0 aliphatic carbocycles. The van der Waals surface area contributed by atoms with Crippen molar-refractivity contribution in [3.63, 3.8) is 0 Å². The molecule has 2 saturated heterocycles. The zero-order valence-electron chi connectivity index (χ0n) is 15.4. The third-order valence-electron chi connectivity index (χ3n) is 4.89. The Kier molecular flexibility index (Phi) is 9.49. The molecule has 2 aliphatic rings.